The van der Waals surface area contributed by atoms with E-state index >= 15 is 0 Å². The predicted octanol–water partition coefficient (Wildman–Crippen LogP) is 2.02. The van der Waals surface area contributed by atoms with Gasteiger partial charge in [-0.2, -0.15) is 0 Å². The molecule has 3 rings (SSSR count). The summed E-state index contributed by atoms with van der Waals surface area (Å²) < 4.78 is 36.6. The number of hydrogen-bond acceptors (Lipinski definition) is 7. The number of methoxy groups -OCH3 is 1. The Morgan fingerprint density at radius 2 is 1.82 bits per heavy atom. The second-order valence-electron chi connectivity index (χ2n) is 7.86. The van der Waals surface area contributed by atoms with E-state index in [-0.39, 0.29) is 17.0 Å². The van der Waals surface area contributed by atoms with E-state index in [1.807, 2.05) is 17.0 Å². The van der Waals surface area contributed by atoms with Crippen LogP contribution in [0, 0.1) is 0 Å². The fourth-order valence-corrected chi connectivity index (χ4v) is 4.46. The molecule has 1 heterocycles. The Morgan fingerprint density at radius 3 is 2.48 bits per heavy atom. The number of ether oxygens (including phenoxy) is 2. The van der Waals surface area contributed by atoms with Crippen molar-refractivity contribution in [3.8, 4) is 5.75 Å². The molecule has 1 aliphatic rings. The SMILES string of the molecule is COc1cccc(CNC(=O)COC(=O)c2cc(S(=O)(=O)N(C)C)ccc2N2CCCC2)c1. The Hall–Kier alpha value is -3.11. The monoisotopic (exact) mass is 475 g/mol. The van der Waals surface area contributed by atoms with E-state index in [4.69, 9.17) is 9.47 Å². The molecular formula is C23H29N3O6S. The minimum atomic E-state index is -3.73. The molecule has 9 nitrogen and oxygen atoms in total. The first-order valence-electron chi connectivity index (χ1n) is 10.6. The number of carbonyl (C=O) groups excluding carboxylic acids is 2. The molecule has 33 heavy (non-hydrogen) atoms. The van der Waals surface area contributed by atoms with Crippen LogP contribution in [0.5, 0.6) is 5.75 Å². The van der Waals surface area contributed by atoms with Crippen LogP contribution < -0.4 is 15.0 Å². The Labute approximate surface area is 194 Å². The van der Waals surface area contributed by atoms with Crippen LogP contribution in [0.2, 0.25) is 0 Å². The zero-order valence-corrected chi connectivity index (χ0v) is 19.9. The molecule has 0 atom stereocenters. The first-order valence-corrected chi connectivity index (χ1v) is 12.0. The van der Waals surface area contributed by atoms with Crippen molar-refractivity contribution in [1.29, 1.82) is 0 Å². The van der Waals surface area contributed by atoms with Gasteiger partial charge in [-0.1, -0.05) is 12.1 Å². The molecule has 0 spiro atoms. The number of sulfonamides is 1. The van der Waals surface area contributed by atoms with Crippen molar-refractivity contribution in [1.82, 2.24) is 9.62 Å². The Balaban J connectivity index is 1.71. The van der Waals surface area contributed by atoms with Crippen LogP contribution in [0.3, 0.4) is 0 Å². The number of hydrogen-bond donors (Lipinski definition) is 1. The number of esters is 1. The lowest BCUT2D eigenvalue weighted by molar-refractivity contribution is -0.124. The number of rotatable bonds is 9. The Kier molecular flexibility index (Phi) is 7.93. The van der Waals surface area contributed by atoms with E-state index in [1.54, 1.807) is 25.3 Å². The van der Waals surface area contributed by atoms with Gasteiger partial charge in [0.05, 0.1) is 23.3 Å². The van der Waals surface area contributed by atoms with Crippen molar-refractivity contribution in [3.05, 3.63) is 53.6 Å². The van der Waals surface area contributed by atoms with Crippen LogP contribution in [0.1, 0.15) is 28.8 Å². The van der Waals surface area contributed by atoms with Gasteiger partial charge in [0, 0.05) is 33.7 Å². The van der Waals surface area contributed by atoms with Crippen molar-refractivity contribution in [2.45, 2.75) is 24.3 Å². The van der Waals surface area contributed by atoms with Gasteiger partial charge in [-0.05, 0) is 48.7 Å². The van der Waals surface area contributed by atoms with Crippen LogP contribution in [0.4, 0.5) is 5.69 Å². The predicted molar refractivity (Wildman–Crippen MR) is 124 cm³/mol. The van der Waals surface area contributed by atoms with Gasteiger partial charge in [-0.15, -0.1) is 0 Å². The van der Waals surface area contributed by atoms with Gasteiger partial charge in [0.25, 0.3) is 5.91 Å². The van der Waals surface area contributed by atoms with E-state index < -0.39 is 28.5 Å². The molecule has 0 saturated carbocycles. The summed E-state index contributed by atoms with van der Waals surface area (Å²) in [5.41, 5.74) is 1.57. The van der Waals surface area contributed by atoms with Gasteiger partial charge in [0.2, 0.25) is 10.0 Å². The highest BCUT2D eigenvalue weighted by atomic mass is 32.2. The fraction of sp³-hybridized carbons (Fsp3) is 0.391. The summed E-state index contributed by atoms with van der Waals surface area (Å²) in [7, 11) is 0.680. The average molecular weight is 476 g/mol. The zero-order valence-electron chi connectivity index (χ0n) is 19.0. The van der Waals surface area contributed by atoms with E-state index in [0.29, 0.717) is 11.4 Å². The van der Waals surface area contributed by atoms with Crippen LogP contribution >= 0.6 is 0 Å². The van der Waals surface area contributed by atoms with Crippen molar-refractivity contribution >= 4 is 27.6 Å². The van der Waals surface area contributed by atoms with Gasteiger partial charge in [0.1, 0.15) is 5.75 Å². The normalized spacial score (nSPS) is 13.8. The molecule has 1 N–H and O–H groups in total. The number of anilines is 1. The highest BCUT2D eigenvalue weighted by Gasteiger charge is 2.25. The summed E-state index contributed by atoms with van der Waals surface area (Å²) in [5.74, 6) is -0.537. The largest absolute Gasteiger partial charge is 0.497 e. The maximum absolute atomic E-state index is 12.9. The summed E-state index contributed by atoms with van der Waals surface area (Å²) in [6, 6.07) is 11.7. The first kappa shape index (κ1) is 24.5. The molecule has 178 valence electrons. The number of carbonyl (C=O) groups is 2. The third-order valence-corrected chi connectivity index (χ3v) is 7.18. The second kappa shape index (κ2) is 10.7. The molecule has 2 aromatic carbocycles. The molecular weight excluding hydrogens is 446 g/mol. The molecule has 2 aromatic rings. The summed E-state index contributed by atoms with van der Waals surface area (Å²) in [6.45, 7) is 1.30. The summed E-state index contributed by atoms with van der Waals surface area (Å²) >= 11 is 0. The zero-order chi connectivity index (χ0) is 24.0. The van der Waals surface area contributed by atoms with Crippen molar-refractivity contribution in [3.63, 3.8) is 0 Å². The molecule has 1 saturated heterocycles. The lowest BCUT2D eigenvalue weighted by Gasteiger charge is -2.22. The molecule has 0 aromatic heterocycles. The highest BCUT2D eigenvalue weighted by Crippen LogP contribution is 2.28. The van der Waals surface area contributed by atoms with Crippen molar-refractivity contribution in [2.24, 2.45) is 0 Å². The molecule has 1 amide bonds. The first-order chi connectivity index (χ1) is 15.7. The average Bonchev–Trinajstić information content (AvgIpc) is 3.35. The maximum Gasteiger partial charge on any atom is 0.340 e. The number of nitrogens with zero attached hydrogens (tertiary/aromatic N) is 2. The summed E-state index contributed by atoms with van der Waals surface area (Å²) in [5, 5.41) is 2.69. The van der Waals surface area contributed by atoms with E-state index in [9.17, 15) is 18.0 Å². The van der Waals surface area contributed by atoms with E-state index in [1.165, 1.54) is 26.2 Å². The summed E-state index contributed by atoms with van der Waals surface area (Å²) in [6.07, 6.45) is 1.97. The quantitative estimate of drug-likeness (QED) is 0.553. The minimum absolute atomic E-state index is 0.00938. The summed E-state index contributed by atoms with van der Waals surface area (Å²) in [4.78, 5) is 27.1. The molecule has 0 aliphatic carbocycles. The number of benzene rings is 2. The van der Waals surface area contributed by atoms with Gasteiger partial charge in [-0.25, -0.2) is 17.5 Å². The lowest BCUT2D eigenvalue weighted by atomic mass is 10.1. The highest BCUT2D eigenvalue weighted by molar-refractivity contribution is 7.89. The smallest absolute Gasteiger partial charge is 0.340 e. The third-order valence-electron chi connectivity index (χ3n) is 5.37. The van der Waals surface area contributed by atoms with Gasteiger partial charge < -0.3 is 19.7 Å². The maximum atomic E-state index is 12.9. The molecule has 1 aliphatic heterocycles. The molecule has 0 bridgehead atoms. The van der Waals surface area contributed by atoms with E-state index in [0.717, 1.165) is 35.8 Å². The topological polar surface area (TPSA) is 105 Å². The minimum Gasteiger partial charge on any atom is -0.497 e. The number of nitrogens with one attached hydrogen (secondary N) is 1. The molecule has 0 unspecified atom stereocenters. The molecule has 10 heteroatoms. The number of amides is 1. The standard InChI is InChI=1S/C23H29N3O6S/c1-25(2)33(29,30)19-9-10-21(26-11-4-5-12-26)20(14-19)23(28)32-16-22(27)24-15-17-7-6-8-18(13-17)31-3/h6-10,13-14H,4-5,11-12,15-16H2,1-3H3,(H,24,27). The molecule has 0 radical (unpaired) electrons. The van der Waals surface area contributed by atoms with Crippen molar-refractivity contribution < 1.29 is 27.5 Å². The lowest BCUT2D eigenvalue weighted by Crippen LogP contribution is -2.29. The van der Waals surface area contributed by atoms with Crippen LogP contribution in [-0.2, 0) is 26.1 Å². The van der Waals surface area contributed by atoms with Gasteiger partial charge in [0.15, 0.2) is 6.61 Å². The van der Waals surface area contributed by atoms with E-state index in [2.05, 4.69) is 5.32 Å². The fourth-order valence-electron chi connectivity index (χ4n) is 3.53. The Bertz CT molecular complexity index is 1110. The van der Waals surface area contributed by atoms with Crippen LogP contribution in [0.25, 0.3) is 0 Å². The van der Waals surface area contributed by atoms with Crippen LogP contribution in [-0.4, -0.2) is 65.5 Å². The van der Waals surface area contributed by atoms with Crippen molar-refractivity contribution in [2.75, 3.05) is 45.8 Å². The van der Waals surface area contributed by atoms with Gasteiger partial charge in [-0.3, -0.25) is 4.79 Å². The second-order valence-corrected chi connectivity index (χ2v) is 10.0. The van der Waals surface area contributed by atoms with Gasteiger partial charge >= 0.3 is 5.97 Å². The van der Waals surface area contributed by atoms with Crippen LogP contribution in [0.15, 0.2) is 47.4 Å². The molecule has 1 fully saturated rings. The Morgan fingerprint density at radius 1 is 1.09 bits per heavy atom. The third kappa shape index (κ3) is 6.02.